The molecule has 1 amide bonds. The van der Waals surface area contributed by atoms with E-state index in [0.29, 0.717) is 12.6 Å². The van der Waals surface area contributed by atoms with Gasteiger partial charge in [0.05, 0.1) is 0 Å². The molecule has 0 radical (unpaired) electrons. The third-order valence-corrected chi connectivity index (χ3v) is 4.48. The molecule has 21 heavy (non-hydrogen) atoms. The van der Waals surface area contributed by atoms with Crippen LogP contribution in [0.2, 0.25) is 0 Å². The van der Waals surface area contributed by atoms with Crippen LogP contribution in [0, 0.1) is 11.6 Å². The van der Waals surface area contributed by atoms with Crippen molar-refractivity contribution < 1.29 is 13.6 Å². The predicted octanol–water partition coefficient (Wildman–Crippen LogP) is 2.71. The number of piperidine rings is 1. The van der Waals surface area contributed by atoms with Gasteiger partial charge in [0, 0.05) is 30.3 Å². The first-order valence-corrected chi connectivity index (χ1v) is 7.65. The van der Waals surface area contributed by atoms with E-state index >= 15 is 0 Å². The van der Waals surface area contributed by atoms with E-state index in [-0.39, 0.29) is 17.5 Å². The fraction of sp³-hybridized carbons (Fsp3) is 0.562. The number of nitrogens with one attached hydrogen (secondary N) is 1. The zero-order valence-corrected chi connectivity index (χ0v) is 11.9. The van der Waals surface area contributed by atoms with Crippen LogP contribution in [0.1, 0.15) is 42.5 Å². The molecule has 1 aromatic carbocycles. The largest absolute Gasteiger partial charge is 0.334 e. The minimum atomic E-state index is -0.703. The van der Waals surface area contributed by atoms with Crippen LogP contribution in [0.4, 0.5) is 8.78 Å². The Labute approximate surface area is 123 Å². The first kappa shape index (κ1) is 14.4. The summed E-state index contributed by atoms with van der Waals surface area (Å²) in [7, 11) is 0. The molecule has 2 aliphatic rings. The topological polar surface area (TPSA) is 32.3 Å². The summed E-state index contributed by atoms with van der Waals surface area (Å²) in [4.78, 5) is 14.4. The molecule has 2 fully saturated rings. The standard InChI is InChI=1S/C16H20F2N2O/c17-12-8-11(9-13(18)10-12)16(21)20-7-2-1-5-15(20)14-4-3-6-19-14/h8-10,14-15,19H,1-7H2. The van der Waals surface area contributed by atoms with Crippen LogP contribution in [0.25, 0.3) is 0 Å². The van der Waals surface area contributed by atoms with Crippen molar-refractivity contribution >= 4 is 5.91 Å². The lowest BCUT2D eigenvalue weighted by atomic mass is 9.93. The minimum Gasteiger partial charge on any atom is -0.334 e. The molecule has 114 valence electrons. The average Bonchev–Trinajstić information content (AvgIpc) is 2.99. The number of amides is 1. The van der Waals surface area contributed by atoms with Gasteiger partial charge in [0.25, 0.3) is 5.91 Å². The Balaban J connectivity index is 1.83. The molecule has 3 rings (SSSR count). The number of benzene rings is 1. The molecule has 0 bridgehead atoms. The average molecular weight is 294 g/mol. The first-order valence-electron chi connectivity index (χ1n) is 7.65. The molecule has 1 aromatic rings. The summed E-state index contributed by atoms with van der Waals surface area (Å²) in [6.45, 7) is 1.65. The Bertz CT molecular complexity index is 509. The number of nitrogens with zero attached hydrogens (tertiary/aromatic N) is 1. The molecular formula is C16H20F2N2O. The van der Waals surface area contributed by atoms with Gasteiger partial charge in [-0.25, -0.2) is 8.78 Å². The molecule has 0 aliphatic carbocycles. The van der Waals surface area contributed by atoms with E-state index < -0.39 is 11.6 Å². The Hall–Kier alpha value is -1.49. The monoisotopic (exact) mass is 294 g/mol. The fourth-order valence-electron chi connectivity index (χ4n) is 3.51. The van der Waals surface area contributed by atoms with Gasteiger partial charge in [0.2, 0.25) is 0 Å². The van der Waals surface area contributed by atoms with Crippen LogP contribution in [-0.4, -0.2) is 36.0 Å². The maximum absolute atomic E-state index is 13.3. The normalized spacial score (nSPS) is 26.1. The lowest BCUT2D eigenvalue weighted by Crippen LogP contribution is -2.52. The molecule has 2 unspecified atom stereocenters. The van der Waals surface area contributed by atoms with E-state index in [1.807, 2.05) is 0 Å². The van der Waals surface area contributed by atoms with E-state index in [9.17, 15) is 13.6 Å². The number of hydrogen-bond donors (Lipinski definition) is 1. The van der Waals surface area contributed by atoms with Gasteiger partial charge in [-0.1, -0.05) is 0 Å². The molecule has 1 N–H and O–H groups in total. The van der Waals surface area contributed by atoms with Crippen molar-refractivity contribution in [2.24, 2.45) is 0 Å². The van der Waals surface area contributed by atoms with Crippen LogP contribution in [0.15, 0.2) is 18.2 Å². The van der Waals surface area contributed by atoms with Crippen molar-refractivity contribution in [1.82, 2.24) is 10.2 Å². The molecule has 0 spiro atoms. The maximum Gasteiger partial charge on any atom is 0.254 e. The zero-order valence-electron chi connectivity index (χ0n) is 11.9. The zero-order chi connectivity index (χ0) is 14.8. The number of carbonyl (C=O) groups is 1. The smallest absolute Gasteiger partial charge is 0.254 e. The molecule has 2 saturated heterocycles. The summed E-state index contributed by atoms with van der Waals surface area (Å²) in [5, 5.41) is 3.44. The molecular weight excluding hydrogens is 274 g/mol. The lowest BCUT2D eigenvalue weighted by Gasteiger charge is -2.39. The summed E-state index contributed by atoms with van der Waals surface area (Å²) in [6.07, 6.45) is 5.20. The first-order chi connectivity index (χ1) is 10.1. The molecule has 0 saturated carbocycles. The van der Waals surface area contributed by atoms with Crippen LogP contribution in [0.3, 0.4) is 0 Å². The lowest BCUT2D eigenvalue weighted by molar-refractivity contribution is 0.0562. The molecule has 5 heteroatoms. The van der Waals surface area contributed by atoms with E-state index in [1.54, 1.807) is 4.90 Å². The van der Waals surface area contributed by atoms with Crippen LogP contribution in [0.5, 0.6) is 0 Å². The van der Waals surface area contributed by atoms with Crippen LogP contribution < -0.4 is 5.32 Å². The van der Waals surface area contributed by atoms with Crippen molar-refractivity contribution in [3.05, 3.63) is 35.4 Å². The molecule has 2 atom stereocenters. The summed E-state index contributed by atoms with van der Waals surface area (Å²) in [5.41, 5.74) is 0.109. The quantitative estimate of drug-likeness (QED) is 0.909. The summed E-state index contributed by atoms with van der Waals surface area (Å²) in [6, 6.07) is 3.49. The highest BCUT2D eigenvalue weighted by Gasteiger charge is 2.34. The van der Waals surface area contributed by atoms with Crippen molar-refractivity contribution in [2.75, 3.05) is 13.1 Å². The Morgan fingerprint density at radius 3 is 2.52 bits per heavy atom. The van der Waals surface area contributed by atoms with Gasteiger partial charge >= 0.3 is 0 Å². The van der Waals surface area contributed by atoms with Crippen molar-refractivity contribution in [1.29, 1.82) is 0 Å². The fourth-order valence-corrected chi connectivity index (χ4v) is 3.51. The highest BCUT2D eigenvalue weighted by molar-refractivity contribution is 5.94. The summed E-state index contributed by atoms with van der Waals surface area (Å²) >= 11 is 0. The number of rotatable bonds is 2. The SMILES string of the molecule is O=C(c1cc(F)cc(F)c1)N1CCCCC1C1CCCN1. The predicted molar refractivity (Wildman–Crippen MR) is 76.1 cm³/mol. The Morgan fingerprint density at radius 1 is 1.10 bits per heavy atom. The second-order valence-corrected chi connectivity index (χ2v) is 5.92. The van der Waals surface area contributed by atoms with Crippen LogP contribution in [-0.2, 0) is 0 Å². The molecule has 2 aliphatic heterocycles. The summed E-state index contributed by atoms with van der Waals surface area (Å²) < 4.78 is 26.7. The van der Waals surface area contributed by atoms with Gasteiger partial charge in [0.15, 0.2) is 0 Å². The highest BCUT2D eigenvalue weighted by atomic mass is 19.1. The van der Waals surface area contributed by atoms with Crippen molar-refractivity contribution in [3.8, 4) is 0 Å². The van der Waals surface area contributed by atoms with E-state index in [0.717, 1.165) is 56.8 Å². The maximum atomic E-state index is 13.3. The highest BCUT2D eigenvalue weighted by Crippen LogP contribution is 2.26. The third-order valence-electron chi connectivity index (χ3n) is 4.48. The van der Waals surface area contributed by atoms with Crippen molar-refractivity contribution in [3.63, 3.8) is 0 Å². The Kier molecular flexibility index (Phi) is 4.19. The number of halogens is 2. The second kappa shape index (κ2) is 6.10. The molecule has 0 aromatic heterocycles. The van der Waals surface area contributed by atoms with Crippen LogP contribution >= 0.6 is 0 Å². The van der Waals surface area contributed by atoms with E-state index in [1.165, 1.54) is 0 Å². The van der Waals surface area contributed by atoms with Gasteiger partial charge in [-0.2, -0.15) is 0 Å². The molecule has 3 nitrogen and oxygen atoms in total. The van der Waals surface area contributed by atoms with Gasteiger partial charge < -0.3 is 10.2 Å². The number of hydrogen-bond acceptors (Lipinski definition) is 2. The van der Waals surface area contributed by atoms with Crippen molar-refractivity contribution in [2.45, 2.75) is 44.2 Å². The number of likely N-dealkylation sites (tertiary alicyclic amines) is 1. The van der Waals surface area contributed by atoms with E-state index in [4.69, 9.17) is 0 Å². The van der Waals surface area contributed by atoms with Gasteiger partial charge in [-0.15, -0.1) is 0 Å². The molecule has 2 heterocycles. The van der Waals surface area contributed by atoms with Gasteiger partial charge in [-0.05, 0) is 50.8 Å². The third kappa shape index (κ3) is 3.07. The minimum absolute atomic E-state index is 0.109. The second-order valence-electron chi connectivity index (χ2n) is 5.92. The summed E-state index contributed by atoms with van der Waals surface area (Å²) in [5.74, 6) is -1.66. The van der Waals surface area contributed by atoms with Gasteiger partial charge in [-0.3, -0.25) is 4.79 Å². The van der Waals surface area contributed by atoms with E-state index in [2.05, 4.69) is 5.32 Å². The Morgan fingerprint density at radius 2 is 1.86 bits per heavy atom. The number of carbonyl (C=O) groups excluding carboxylic acids is 1. The van der Waals surface area contributed by atoms with Gasteiger partial charge in [0.1, 0.15) is 11.6 Å².